The van der Waals surface area contributed by atoms with E-state index in [0.29, 0.717) is 6.42 Å². The van der Waals surface area contributed by atoms with E-state index in [2.05, 4.69) is 5.32 Å². The van der Waals surface area contributed by atoms with E-state index in [-0.39, 0.29) is 5.78 Å². The predicted molar refractivity (Wildman–Crippen MR) is 76.0 cm³/mol. The quantitative estimate of drug-likeness (QED) is 0.695. The smallest absolute Gasteiger partial charge is 0.129 e. The van der Waals surface area contributed by atoms with Gasteiger partial charge in [0.2, 0.25) is 0 Å². The number of ether oxygens (including phenoxy) is 2. The number of nitrogens with one attached hydrogen (secondary N) is 1. The Balaban J connectivity index is 2.37. The number of carbonyl (C=O) groups is 1. The monoisotopic (exact) mass is 265 g/mol. The molecule has 0 radical (unpaired) electrons. The molecule has 19 heavy (non-hydrogen) atoms. The maximum Gasteiger partial charge on any atom is 0.129 e. The summed E-state index contributed by atoms with van der Waals surface area (Å²) in [7, 11) is 3.33. The molecule has 106 valence electrons. The van der Waals surface area contributed by atoms with Gasteiger partial charge < -0.3 is 19.6 Å². The molecular weight excluding hydrogens is 242 g/mol. The standard InChI is InChI=1S/C15H23NO3/c1-12(17)5-4-9-16-10-8-13-11-14(18-2)6-7-15(13)19-3/h6-7,11,16H,4-5,8-10H2,1-3H3. The van der Waals surface area contributed by atoms with E-state index < -0.39 is 0 Å². The van der Waals surface area contributed by atoms with Gasteiger partial charge in [0.1, 0.15) is 17.3 Å². The summed E-state index contributed by atoms with van der Waals surface area (Å²) in [4.78, 5) is 10.8. The van der Waals surface area contributed by atoms with Gasteiger partial charge >= 0.3 is 0 Å². The van der Waals surface area contributed by atoms with Crippen LogP contribution < -0.4 is 14.8 Å². The number of benzene rings is 1. The summed E-state index contributed by atoms with van der Waals surface area (Å²) in [5, 5.41) is 3.33. The summed E-state index contributed by atoms with van der Waals surface area (Å²) in [5.74, 6) is 1.97. The number of hydrogen-bond donors (Lipinski definition) is 1. The molecule has 0 aromatic heterocycles. The molecule has 0 fully saturated rings. The van der Waals surface area contributed by atoms with Crippen molar-refractivity contribution in [3.05, 3.63) is 23.8 Å². The molecule has 0 saturated carbocycles. The molecule has 0 amide bonds. The fraction of sp³-hybridized carbons (Fsp3) is 0.533. The Labute approximate surface area is 115 Å². The molecule has 0 spiro atoms. The molecule has 0 unspecified atom stereocenters. The highest BCUT2D eigenvalue weighted by molar-refractivity contribution is 5.75. The van der Waals surface area contributed by atoms with E-state index in [9.17, 15) is 4.79 Å². The van der Waals surface area contributed by atoms with Crippen LogP contribution in [0.5, 0.6) is 11.5 Å². The van der Waals surface area contributed by atoms with E-state index in [0.717, 1.165) is 43.0 Å². The number of rotatable bonds is 9. The molecule has 0 bridgehead atoms. The van der Waals surface area contributed by atoms with Crippen molar-refractivity contribution in [3.8, 4) is 11.5 Å². The van der Waals surface area contributed by atoms with E-state index in [1.165, 1.54) is 0 Å². The highest BCUT2D eigenvalue weighted by Crippen LogP contribution is 2.23. The second-order valence-electron chi connectivity index (χ2n) is 4.48. The molecule has 1 rings (SSSR count). The summed E-state index contributed by atoms with van der Waals surface area (Å²) in [6, 6.07) is 5.81. The van der Waals surface area contributed by atoms with Gasteiger partial charge in [-0.05, 0) is 56.6 Å². The van der Waals surface area contributed by atoms with Gasteiger partial charge in [-0.3, -0.25) is 0 Å². The largest absolute Gasteiger partial charge is 0.497 e. The number of methoxy groups -OCH3 is 2. The van der Waals surface area contributed by atoms with Gasteiger partial charge in [-0.15, -0.1) is 0 Å². The molecule has 0 heterocycles. The first-order chi connectivity index (χ1) is 9.17. The third-order valence-electron chi connectivity index (χ3n) is 2.94. The van der Waals surface area contributed by atoms with Crippen molar-refractivity contribution in [2.24, 2.45) is 0 Å². The zero-order valence-corrected chi connectivity index (χ0v) is 12.0. The lowest BCUT2D eigenvalue weighted by Gasteiger charge is -2.11. The third kappa shape index (κ3) is 5.75. The van der Waals surface area contributed by atoms with Crippen LogP contribution in [0.1, 0.15) is 25.3 Å². The Kier molecular flexibility index (Phi) is 6.97. The highest BCUT2D eigenvalue weighted by atomic mass is 16.5. The van der Waals surface area contributed by atoms with Crippen molar-refractivity contribution in [3.63, 3.8) is 0 Å². The minimum atomic E-state index is 0.247. The zero-order valence-electron chi connectivity index (χ0n) is 12.0. The summed E-state index contributed by atoms with van der Waals surface area (Å²) in [6.07, 6.45) is 2.42. The second-order valence-corrected chi connectivity index (χ2v) is 4.48. The maximum absolute atomic E-state index is 10.8. The van der Waals surface area contributed by atoms with Crippen LogP contribution in [0.2, 0.25) is 0 Å². The predicted octanol–water partition coefficient (Wildman–Crippen LogP) is 2.21. The molecule has 1 aromatic rings. The third-order valence-corrected chi connectivity index (χ3v) is 2.94. The Morgan fingerprint density at radius 1 is 1.21 bits per heavy atom. The molecule has 0 aliphatic heterocycles. The first-order valence-corrected chi connectivity index (χ1v) is 6.58. The molecule has 0 aliphatic rings. The molecule has 0 aliphatic carbocycles. The Morgan fingerprint density at radius 2 is 2.00 bits per heavy atom. The lowest BCUT2D eigenvalue weighted by Crippen LogP contribution is -2.19. The summed E-state index contributed by atoms with van der Waals surface area (Å²) in [5.41, 5.74) is 1.13. The average molecular weight is 265 g/mol. The first kappa shape index (κ1) is 15.5. The minimum absolute atomic E-state index is 0.247. The number of carbonyl (C=O) groups excluding carboxylic acids is 1. The molecule has 1 N–H and O–H groups in total. The molecule has 1 aromatic carbocycles. The molecule has 4 nitrogen and oxygen atoms in total. The highest BCUT2D eigenvalue weighted by Gasteiger charge is 2.04. The van der Waals surface area contributed by atoms with Crippen molar-refractivity contribution < 1.29 is 14.3 Å². The van der Waals surface area contributed by atoms with Crippen LogP contribution in [-0.4, -0.2) is 33.1 Å². The van der Waals surface area contributed by atoms with E-state index in [1.807, 2.05) is 18.2 Å². The van der Waals surface area contributed by atoms with Crippen molar-refractivity contribution in [1.82, 2.24) is 5.32 Å². The molecule has 4 heteroatoms. The van der Waals surface area contributed by atoms with Crippen LogP contribution in [0.15, 0.2) is 18.2 Å². The lowest BCUT2D eigenvalue weighted by molar-refractivity contribution is -0.117. The molecular formula is C15H23NO3. The number of ketones is 1. The SMILES string of the molecule is COc1ccc(OC)c(CCNCCCC(C)=O)c1. The van der Waals surface area contributed by atoms with Crippen LogP contribution in [0.25, 0.3) is 0 Å². The minimum Gasteiger partial charge on any atom is -0.497 e. The van der Waals surface area contributed by atoms with Gasteiger partial charge in [0.25, 0.3) is 0 Å². The number of Topliss-reactive ketones (excluding diaryl/α,β-unsaturated/α-hetero) is 1. The fourth-order valence-electron chi connectivity index (χ4n) is 1.89. The molecule has 0 atom stereocenters. The first-order valence-electron chi connectivity index (χ1n) is 6.58. The normalized spacial score (nSPS) is 10.3. The van der Waals surface area contributed by atoms with Gasteiger partial charge in [0.05, 0.1) is 14.2 Å². The Hall–Kier alpha value is -1.55. The number of hydrogen-bond acceptors (Lipinski definition) is 4. The van der Waals surface area contributed by atoms with Crippen molar-refractivity contribution in [2.45, 2.75) is 26.2 Å². The van der Waals surface area contributed by atoms with Crippen LogP contribution in [0.4, 0.5) is 0 Å². The second kappa shape index (κ2) is 8.53. The Bertz CT molecular complexity index is 404. The van der Waals surface area contributed by atoms with Crippen molar-refractivity contribution in [2.75, 3.05) is 27.3 Å². The van der Waals surface area contributed by atoms with Crippen LogP contribution >= 0.6 is 0 Å². The topological polar surface area (TPSA) is 47.6 Å². The van der Waals surface area contributed by atoms with Crippen LogP contribution in [0.3, 0.4) is 0 Å². The zero-order chi connectivity index (χ0) is 14.1. The van der Waals surface area contributed by atoms with Crippen LogP contribution in [0, 0.1) is 0 Å². The van der Waals surface area contributed by atoms with Crippen LogP contribution in [-0.2, 0) is 11.2 Å². The van der Waals surface area contributed by atoms with Gasteiger partial charge in [0, 0.05) is 6.42 Å². The fourth-order valence-corrected chi connectivity index (χ4v) is 1.89. The lowest BCUT2D eigenvalue weighted by atomic mass is 10.1. The van der Waals surface area contributed by atoms with Gasteiger partial charge in [-0.1, -0.05) is 0 Å². The van der Waals surface area contributed by atoms with E-state index >= 15 is 0 Å². The summed E-state index contributed by atoms with van der Waals surface area (Å²) < 4.78 is 10.5. The maximum atomic E-state index is 10.8. The average Bonchev–Trinajstić information content (AvgIpc) is 2.42. The van der Waals surface area contributed by atoms with Gasteiger partial charge in [-0.25, -0.2) is 0 Å². The van der Waals surface area contributed by atoms with Crippen molar-refractivity contribution >= 4 is 5.78 Å². The van der Waals surface area contributed by atoms with Crippen molar-refractivity contribution in [1.29, 1.82) is 0 Å². The summed E-state index contributed by atoms with van der Waals surface area (Å²) in [6.45, 7) is 3.36. The molecule has 0 saturated heterocycles. The van der Waals surface area contributed by atoms with E-state index in [4.69, 9.17) is 9.47 Å². The Morgan fingerprint density at radius 3 is 2.63 bits per heavy atom. The van der Waals surface area contributed by atoms with Gasteiger partial charge in [0.15, 0.2) is 0 Å². The van der Waals surface area contributed by atoms with E-state index in [1.54, 1.807) is 21.1 Å². The summed E-state index contributed by atoms with van der Waals surface area (Å²) >= 11 is 0. The van der Waals surface area contributed by atoms with Gasteiger partial charge in [-0.2, -0.15) is 0 Å².